The molecule has 1 aromatic carbocycles. The third-order valence-corrected chi connectivity index (χ3v) is 5.40. The van der Waals surface area contributed by atoms with Crippen LogP contribution >= 0.6 is 0 Å². The minimum Gasteiger partial charge on any atom is -0.369 e. The fourth-order valence-electron chi connectivity index (χ4n) is 3.79. The monoisotopic (exact) mass is 405 g/mol. The number of likely N-dealkylation sites (N-methyl/N-ethyl adjacent to an activating group) is 1. The minimum atomic E-state index is -1.47. The predicted octanol–water partition coefficient (Wildman–Crippen LogP) is 2.55. The van der Waals surface area contributed by atoms with Gasteiger partial charge in [-0.05, 0) is 42.3 Å². The second-order valence-electron chi connectivity index (χ2n) is 7.02. The molecule has 8 heteroatoms. The molecule has 0 fully saturated rings. The molecule has 152 valence electrons. The number of aryl methyl sites for hydroxylation is 1. The van der Waals surface area contributed by atoms with Crippen LogP contribution in [0.1, 0.15) is 28.5 Å². The van der Waals surface area contributed by atoms with Crippen LogP contribution in [-0.2, 0) is 16.9 Å². The highest BCUT2D eigenvalue weighted by Crippen LogP contribution is 2.41. The van der Waals surface area contributed by atoms with Gasteiger partial charge in [-0.1, -0.05) is 18.2 Å². The molecular formula is C22H20FN5O2. The number of aromatic nitrogens is 2. The quantitative estimate of drug-likeness (QED) is 0.521. The number of pyridine rings is 1. The molecule has 0 bridgehead atoms. The number of guanidine groups is 1. The topological polar surface area (TPSA) is 93.6 Å². The van der Waals surface area contributed by atoms with Gasteiger partial charge in [-0.25, -0.2) is 9.98 Å². The van der Waals surface area contributed by atoms with Crippen LogP contribution in [0.2, 0.25) is 0 Å². The Balaban J connectivity index is 1.97. The van der Waals surface area contributed by atoms with Crippen molar-refractivity contribution < 1.29 is 14.0 Å². The first kappa shape index (κ1) is 19.5. The summed E-state index contributed by atoms with van der Waals surface area (Å²) in [5.41, 5.74) is 6.88. The molecule has 1 unspecified atom stereocenters. The maximum Gasteiger partial charge on any atom is 0.266 e. The third kappa shape index (κ3) is 2.80. The lowest BCUT2D eigenvalue weighted by Crippen LogP contribution is -2.41. The van der Waals surface area contributed by atoms with Crippen LogP contribution in [0.4, 0.5) is 4.39 Å². The second kappa shape index (κ2) is 7.22. The van der Waals surface area contributed by atoms with Crippen molar-refractivity contribution in [3.8, 4) is 11.1 Å². The summed E-state index contributed by atoms with van der Waals surface area (Å²) in [6.07, 6.45) is 3.84. The molecule has 4 rings (SSSR count). The summed E-state index contributed by atoms with van der Waals surface area (Å²) in [6.45, 7) is 2.45. The van der Waals surface area contributed by atoms with Crippen LogP contribution in [0.15, 0.2) is 59.9 Å². The molecule has 30 heavy (non-hydrogen) atoms. The van der Waals surface area contributed by atoms with Crippen molar-refractivity contribution in [2.75, 3.05) is 7.05 Å². The number of nitrogens with two attached hydrogens (primary N) is 1. The summed E-state index contributed by atoms with van der Waals surface area (Å²) in [6, 6.07) is 11.8. The zero-order chi connectivity index (χ0) is 21.5. The van der Waals surface area contributed by atoms with Gasteiger partial charge < -0.3 is 10.3 Å². The summed E-state index contributed by atoms with van der Waals surface area (Å²) < 4.78 is 16.0. The maximum absolute atomic E-state index is 14.3. The van der Waals surface area contributed by atoms with Gasteiger partial charge in [0.2, 0.25) is 5.95 Å². The lowest BCUT2D eigenvalue weighted by Gasteiger charge is -2.25. The van der Waals surface area contributed by atoms with Crippen LogP contribution in [0.3, 0.4) is 0 Å². The van der Waals surface area contributed by atoms with Crippen molar-refractivity contribution >= 4 is 18.2 Å². The van der Waals surface area contributed by atoms with Crippen LogP contribution in [0.25, 0.3) is 11.1 Å². The largest absolute Gasteiger partial charge is 0.369 e. The highest BCUT2D eigenvalue weighted by molar-refractivity contribution is 6.09. The van der Waals surface area contributed by atoms with Gasteiger partial charge in [0.1, 0.15) is 0 Å². The first-order chi connectivity index (χ1) is 14.4. The Morgan fingerprint density at radius 3 is 2.60 bits per heavy atom. The van der Waals surface area contributed by atoms with E-state index < -0.39 is 11.5 Å². The van der Waals surface area contributed by atoms with Crippen molar-refractivity contribution in [1.82, 2.24) is 14.5 Å². The number of amides is 1. The number of carbonyl (C=O) groups is 2. The zero-order valence-corrected chi connectivity index (χ0v) is 16.5. The van der Waals surface area contributed by atoms with E-state index in [0.29, 0.717) is 34.5 Å². The Morgan fingerprint density at radius 2 is 2.00 bits per heavy atom. The Labute approximate surface area is 172 Å². The molecule has 0 spiro atoms. The minimum absolute atomic E-state index is 0.0647. The first-order valence-electron chi connectivity index (χ1n) is 9.43. The number of carbonyl (C=O) groups excluding carboxylic acids is 2. The molecule has 3 aromatic rings. The van der Waals surface area contributed by atoms with Gasteiger partial charge in [-0.15, -0.1) is 0 Å². The summed E-state index contributed by atoms with van der Waals surface area (Å²) in [5.74, 6) is -0.897. The smallest absolute Gasteiger partial charge is 0.266 e. The van der Waals surface area contributed by atoms with Gasteiger partial charge in [0, 0.05) is 37.1 Å². The lowest BCUT2D eigenvalue weighted by atomic mass is 9.83. The highest BCUT2D eigenvalue weighted by atomic mass is 19.1. The zero-order valence-electron chi connectivity index (χ0n) is 16.5. The van der Waals surface area contributed by atoms with E-state index in [1.165, 1.54) is 11.1 Å². The molecule has 1 amide bonds. The average molecular weight is 405 g/mol. The number of hydrogen-bond acceptors (Lipinski definition) is 5. The molecular weight excluding hydrogens is 385 g/mol. The van der Waals surface area contributed by atoms with Crippen molar-refractivity contribution in [2.24, 2.45) is 10.7 Å². The van der Waals surface area contributed by atoms with E-state index in [0.717, 1.165) is 6.29 Å². The first-order valence-corrected chi connectivity index (χ1v) is 9.43. The van der Waals surface area contributed by atoms with Crippen molar-refractivity contribution in [2.45, 2.75) is 19.0 Å². The number of benzene rings is 1. The fourth-order valence-corrected chi connectivity index (χ4v) is 3.79. The molecule has 2 aromatic heterocycles. The van der Waals surface area contributed by atoms with E-state index in [4.69, 9.17) is 5.73 Å². The lowest BCUT2D eigenvalue weighted by molar-refractivity contribution is -0.129. The normalized spacial score (nSPS) is 18.6. The van der Waals surface area contributed by atoms with E-state index in [-0.39, 0.29) is 11.9 Å². The van der Waals surface area contributed by atoms with Gasteiger partial charge in [0.15, 0.2) is 17.8 Å². The highest BCUT2D eigenvalue weighted by Gasteiger charge is 2.50. The summed E-state index contributed by atoms with van der Waals surface area (Å²) in [4.78, 5) is 34.4. The molecule has 7 nitrogen and oxygen atoms in total. The SMILES string of the molecule is CCn1cc(C2(c3cccc(-c4cccnc4F)c3)N=C(N)N(C)C2=O)cc1C=O. The van der Waals surface area contributed by atoms with E-state index in [2.05, 4.69) is 9.98 Å². The summed E-state index contributed by atoms with van der Waals surface area (Å²) >= 11 is 0. The van der Waals surface area contributed by atoms with Crippen LogP contribution < -0.4 is 5.73 Å². The number of halogens is 1. The maximum atomic E-state index is 14.3. The average Bonchev–Trinajstić information content (AvgIpc) is 3.29. The predicted molar refractivity (Wildman–Crippen MR) is 110 cm³/mol. The van der Waals surface area contributed by atoms with Crippen LogP contribution in [0.5, 0.6) is 0 Å². The summed E-state index contributed by atoms with van der Waals surface area (Å²) in [5, 5.41) is 0. The Kier molecular flexibility index (Phi) is 4.69. The second-order valence-corrected chi connectivity index (χ2v) is 7.02. The number of aliphatic imine (C=N–C) groups is 1. The fraction of sp³-hybridized carbons (Fsp3) is 0.182. The number of aldehydes is 1. The van der Waals surface area contributed by atoms with Gasteiger partial charge in [-0.3, -0.25) is 14.5 Å². The molecule has 1 aliphatic rings. The van der Waals surface area contributed by atoms with E-state index in [1.807, 2.05) is 6.92 Å². The Bertz CT molecular complexity index is 1190. The molecule has 1 aliphatic heterocycles. The molecule has 2 N–H and O–H groups in total. The van der Waals surface area contributed by atoms with Gasteiger partial charge in [0.05, 0.1) is 5.69 Å². The molecule has 0 saturated heterocycles. The Morgan fingerprint density at radius 1 is 1.20 bits per heavy atom. The number of hydrogen-bond donors (Lipinski definition) is 1. The van der Waals surface area contributed by atoms with Gasteiger partial charge >= 0.3 is 0 Å². The van der Waals surface area contributed by atoms with Crippen LogP contribution in [0, 0.1) is 5.95 Å². The van der Waals surface area contributed by atoms with Crippen LogP contribution in [-0.4, -0.2) is 39.7 Å². The summed E-state index contributed by atoms with van der Waals surface area (Å²) in [7, 11) is 1.55. The van der Waals surface area contributed by atoms with Gasteiger partial charge in [-0.2, -0.15) is 4.39 Å². The standard InChI is InChI=1S/C22H20FN5O2/c1-3-28-12-16(11-17(28)13-29)22(20(30)27(2)21(24)26-22)15-7-4-6-14(10-15)18-8-5-9-25-19(18)23/h4-13H,3H2,1-2H3,(H2,24,26). The van der Waals surface area contributed by atoms with E-state index in [1.54, 1.807) is 60.3 Å². The van der Waals surface area contributed by atoms with Crippen molar-refractivity contribution in [3.05, 3.63) is 77.6 Å². The van der Waals surface area contributed by atoms with Gasteiger partial charge in [0.25, 0.3) is 5.91 Å². The van der Waals surface area contributed by atoms with E-state index >= 15 is 0 Å². The van der Waals surface area contributed by atoms with E-state index in [9.17, 15) is 14.0 Å². The molecule has 1 atom stereocenters. The molecule has 0 saturated carbocycles. The number of rotatable bonds is 5. The molecule has 3 heterocycles. The van der Waals surface area contributed by atoms with Crippen molar-refractivity contribution in [3.63, 3.8) is 0 Å². The van der Waals surface area contributed by atoms with Crippen molar-refractivity contribution in [1.29, 1.82) is 0 Å². The third-order valence-electron chi connectivity index (χ3n) is 5.40. The molecule has 0 radical (unpaired) electrons. The Hall–Kier alpha value is -3.81. The molecule has 0 aliphatic carbocycles. The number of nitrogens with zero attached hydrogens (tertiary/aromatic N) is 4.